The van der Waals surface area contributed by atoms with Crippen LogP contribution in [0.3, 0.4) is 0 Å². The Hall–Kier alpha value is -1.87. The number of carbonyl (C=O) groups is 1. The standard InChI is InChI=1S/C19H24FN3O3S2/c1-19(2,3)16-10-17(23(22-16)14-8-9-28(25,26)12-14)21-18(24)11-27-15-6-4-13(20)5-7-15/h4-7,10,14H,8-9,11-12H2,1-3H3,(H,21,24)/t14-/m1/s1. The third-order valence-electron chi connectivity index (χ3n) is 4.51. The molecule has 2 aromatic rings. The summed E-state index contributed by atoms with van der Waals surface area (Å²) in [5, 5.41) is 7.46. The number of rotatable bonds is 5. The van der Waals surface area contributed by atoms with E-state index in [-0.39, 0.29) is 40.4 Å². The van der Waals surface area contributed by atoms with E-state index in [0.29, 0.717) is 12.2 Å². The third-order valence-corrected chi connectivity index (χ3v) is 7.27. The van der Waals surface area contributed by atoms with Crippen molar-refractivity contribution in [3.63, 3.8) is 0 Å². The number of anilines is 1. The quantitative estimate of drug-likeness (QED) is 0.743. The van der Waals surface area contributed by atoms with E-state index >= 15 is 0 Å². The van der Waals surface area contributed by atoms with Crippen molar-refractivity contribution in [2.24, 2.45) is 0 Å². The maximum atomic E-state index is 13.0. The molecule has 6 nitrogen and oxygen atoms in total. The number of sulfone groups is 1. The van der Waals surface area contributed by atoms with Crippen LogP contribution in [-0.2, 0) is 20.0 Å². The summed E-state index contributed by atoms with van der Waals surface area (Å²) in [7, 11) is -3.07. The van der Waals surface area contributed by atoms with Crippen molar-refractivity contribution in [1.29, 1.82) is 0 Å². The van der Waals surface area contributed by atoms with Gasteiger partial charge in [0, 0.05) is 16.4 Å². The molecule has 152 valence electrons. The maximum absolute atomic E-state index is 13.0. The largest absolute Gasteiger partial charge is 0.310 e. The monoisotopic (exact) mass is 425 g/mol. The highest BCUT2D eigenvalue weighted by molar-refractivity contribution is 8.00. The topological polar surface area (TPSA) is 81.1 Å². The van der Waals surface area contributed by atoms with E-state index < -0.39 is 9.84 Å². The Balaban J connectivity index is 1.75. The average Bonchev–Trinajstić information content (AvgIpc) is 3.17. The number of halogens is 1. The van der Waals surface area contributed by atoms with Gasteiger partial charge in [0.25, 0.3) is 0 Å². The van der Waals surface area contributed by atoms with Gasteiger partial charge in [-0.25, -0.2) is 17.5 Å². The lowest BCUT2D eigenvalue weighted by molar-refractivity contribution is -0.113. The number of benzene rings is 1. The lowest BCUT2D eigenvalue weighted by Crippen LogP contribution is -2.21. The number of hydrogen-bond acceptors (Lipinski definition) is 5. The summed E-state index contributed by atoms with van der Waals surface area (Å²) in [4.78, 5) is 13.2. The van der Waals surface area contributed by atoms with E-state index in [2.05, 4.69) is 10.4 Å². The molecule has 0 radical (unpaired) electrons. The molecular formula is C19H24FN3O3S2. The lowest BCUT2D eigenvalue weighted by Gasteiger charge is -2.15. The van der Waals surface area contributed by atoms with Crippen molar-refractivity contribution in [3.8, 4) is 0 Å². The van der Waals surface area contributed by atoms with E-state index in [1.807, 2.05) is 26.8 Å². The van der Waals surface area contributed by atoms with Crippen LogP contribution in [-0.4, -0.2) is 41.4 Å². The Morgan fingerprint density at radius 1 is 1.32 bits per heavy atom. The van der Waals surface area contributed by atoms with Gasteiger partial charge in [-0.1, -0.05) is 20.8 Å². The summed E-state index contributed by atoms with van der Waals surface area (Å²) in [6, 6.07) is 7.49. The summed E-state index contributed by atoms with van der Waals surface area (Å²) in [6.45, 7) is 6.04. The number of amides is 1. The zero-order valence-corrected chi connectivity index (χ0v) is 17.7. The summed E-state index contributed by atoms with van der Waals surface area (Å²) in [6.07, 6.45) is 0.487. The summed E-state index contributed by atoms with van der Waals surface area (Å²) >= 11 is 1.30. The van der Waals surface area contributed by atoms with Crippen LogP contribution in [0.15, 0.2) is 35.2 Å². The van der Waals surface area contributed by atoms with Crippen molar-refractivity contribution >= 4 is 33.3 Å². The highest BCUT2D eigenvalue weighted by Crippen LogP contribution is 2.31. The second-order valence-electron chi connectivity index (χ2n) is 7.96. The highest BCUT2D eigenvalue weighted by Gasteiger charge is 2.32. The summed E-state index contributed by atoms with van der Waals surface area (Å²) < 4.78 is 38.4. The second kappa shape index (κ2) is 7.87. The molecule has 0 saturated carbocycles. The highest BCUT2D eigenvalue weighted by atomic mass is 32.2. The first kappa shape index (κ1) is 20.9. The second-order valence-corrected chi connectivity index (χ2v) is 11.2. The van der Waals surface area contributed by atoms with Gasteiger partial charge in [0.2, 0.25) is 5.91 Å². The number of carbonyl (C=O) groups excluding carboxylic acids is 1. The van der Waals surface area contributed by atoms with Crippen LogP contribution in [0.4, 0.5) is 10.2 Å². The maximum Gasteiger partial charge on any atom is 0.235 e. The van der Waals surface area contributed by atoms with Gasteiger partial charge in [-0.3, -0.25) is 4.79 Å². The molecule has 0 unspecified atom stereocenters. The molecule has 1 aliphatic heterocycles. The fourth-order valence-electron chi connectivity index (χ4n) is 2.96. The van der Waals surface area contributed by atoms with E-state index in [1.54, 1.807) is 16.8 Å². The predicted molar refractivity (Wildman–Crippen MR) is 109 cm³/mol. The van der Waals surface area contributed by atoms with Crippen LogP contribution < -0.4 is 5.32 Å². The van der Waals surface area contributed by atoms with Crippen molar-refractivity contribution in [3.05, 3.63) is 41.8 Å². The molecule has 9 heteroatoms. The van der Waals surface area contributed by atoms with Gasteiger partial charge in [-0.15, -0.1) is 11.8 Å². The minimum absolute atomic E-state index is 0.0332. The molecule has 1 aromatic carbocycles. The van der Waals surface area contributed by atoms with Gasteiger partial charge >= 0.3 is 0 Å². The first-order valence-corrected chi connectivity index (χ1v) is 11.8. The number of nitrogens with one attached hydrogen (secondary N) is 1. The minimum atomic E-state index is -3.07. The molecule has 1 aromatic heterocycles. The average molecular weight is 426 g/mol. The van der Waals surface area contributed by atoms with Crippen LogP contribution in [0.25, 0.3) is 0 Å². The Morgan fingerprint density at radius 2 is 2.00 bits per heavy atom. The number of nitrogens with zero attached hydrogens (tertiary/aromatic N) is 2. The van der Waals surface area contributed by atoms with Gasteiger partial charge in [-0.2, -0.15) is 5.10 Å². The zero-order valence-electron chi connectivity index (χ0n) is 16.1. The van der Waals surface area contributed by atoms with Crippen LogP contribution >= 0.6 is 11.8 Å². The summed E-state index contributed by atoms with van der Waals surface area (Å²) in [5.41, 5.74) is 0.559. The molecule has 1 N–H and O–H groups in total. The molecule has 1 saturated heterocycles. The lowest BCUT2D eigenvalue weighted by atomic mass is 9.92. The predicted octanol–water partition coefficient (Wildman–Crippen LogP) is 3.41. The van der Waals surface area contributed by atoms with Crippen molar-refractivity contribution in [2.75, 3.05) is 22.6 Å². The molecule has 0 aliphatic carbocycles. The first-order valence-electron chi connectivity index (χ1n) is 9.02. The SMILES string of the molecule is CC(C)(C)c1cc(NC(=O)CSc2ccc(F)cc2)n([C@@H]2CCS(=O)(=O)C2)n1. The molecule has 1 atom stereocenters. The van der Waals surface area contributed by atoms with Crippen molar-refractivity contribution in [2.45, 2.75) is 43.5 Å². The smallest absolute Gasteiger partial charge is 0.235 e. The van der Waals surface area contributed by atoms with Crippen molar-refractivity contribution < 1.29 is 17.6 Å². The minimum Gasteiger partial charge on any atom is -0.310 e. The number of thioether (sulfide) groups is 1. The molecular weight excluding hydrogens is 401 g/mol. The summed E-state index contributed by atoms with van der Waals surface area (Å²) in [5.74, 6) is 0.291. The Morgan fingerprint density at radius 3 is 2.57 bits per heavy atom. The van der Waals surface area contributed by atoms with Gasteiger partial charge in [0.15, 0.2) is 9.84 Å². The molecule has 1 fully saturated rings. The van der Waals surface area contributed by atoms with E-state index in [1.165, 1.54) is 23.9 Å². The van der Waals surface area contributed by atoms with Gasteiger partial charge in [-0.05, 0) is 30.7 Å². The van der Waals surface area contributed by atoms with Gasteiger partial charge in [0.1, 0.15) is 11.6 Å². The Kier molecular flexibility index (Phi) is 5.86. The van der Waals surface area contributed by atoms with Crippen LogP contribution in [0.1, 0.15) is 38.9 Å². The third kappa shape index (κ3) is 5.14. The van der Waals surface area contributed by atoms with Crippen LogP contribution in [0.5, 0.6) is 0 Å². The molecule has 1 amide bonds. The van der Waals surface area contributed by atoms with Gasteiger partial charge in [0.05, 0.1) is 29.0 Å². The first-order chi connectivity index (χ1) is 13.0. The van der Waals surface area contributed by atoms with Crippen LogP contribution in [0.2, 0.25) is 0 Å². The zero-order chi connectivity index (χ0) is 20.5. The molecule has 0 spiro atoms. The van der Waals surface area contributed by atoms with Gasteiger partial charge < -0.3 is 5.32 Å². The Labute approximate surface area is 168 Å². The van der Waals surface area contributed by atoms with Crippen molar-refractivity contribution in [1.82, 2.24) is 9.78 Å². The van der Waals surface area contributed by atoms with Crippen LogP contribution in [0, 0.1) is 5.82 Å². The molecule has 3 rings (SSSR count). The Bertz CT molecular complexity index is 963. The fraction of sp³-hybridized carbons (Fsp3) is 0.474. The number of hydrogen-bond donors (Lipinski definition) is 1. The molecule has 28 heavy (non-hydrogen) atoms. The normalized spacial score (nSPS) is 18.9. The van der Waals surface area contributed by atoms with E-state index in [0.717, 1.165) is 10.6 Å². The molecule has 0 bridgehead atoms. The van der Waals surface area contributed by atoms with E-state index in [9.17, 15) is 17.6 Å². The number of aromatic nitrogens is 2. The fourth-order valence-corrected chi connectivity index (χ4v) is 5.35. The van der Waals surface area contributed by atoms with E-state index in [4.69, 9.17) is 0 Å². The molecule has 1 aliphatic rings. The molecule has 2 heterocycles.